The maximum absolute atomic E-state index is 12.6. The zero-order chi connectivity index (χ0) is 41.1. The number of ether oxygens (including phenoxy) is 2. The Morgan fingerprint density at radius 1 is 0.554 bits per heavy atom. The number of allylic oxidation sites excluding steroid dienone is 18. The molecule has 0 aromatic carbocycles. The largest absolute Gasteiger partial charge is 0.472 e. The van der Waals surface area contributed by atoms with Crippen LogP contribution in [0.5, 0.6) is 0 Å². The van der Waals surface area contributed by atoms with Crippen molar-refractivity contribution in [3.63, 3.8) is 0 Å². The quantitative estimate of drug-likeness (QED) is 0.0241. The van der Waals surface area contributed by atoms with Gasteiger partial charge in [0.25, 0.3) is 0 Å². The number of phosphoric ester groups is 1. The molecule has 0 aliphatic carbocycles. The van der Waals surface area contributed by atoms with E-state index >= 15 is 0 Å². The summed E-state index contributed by atoms with van der Waals surface area (Å²) in [4.78, 5) is 22.5. The third-order valence-electron chi connectivity index (χ3n) is 7.95. The number of carbonyl (C=O) groups excluding carboxylic acids is 1. The highest BCUT2D eigenvalue weighted by atomic mass is 31.2. The normalized spacial score (nSPS) is 15.2. The van der Waals surface area contributed by atoms with E-state index < -0.39 is 45.8 Å². The molecule has 0 saturated heterocycles. The second-order valence-electron chi connectivity index (χ2n) is 13.2. The molecule has 318 valence electrons. The first-order chi connectivity index (χ1) is 27.3. The van der Waals surface area contributed by atoms with Crippen LogP contribution in [0, 0.1) is 0 Å². The number of aliphatic hydroxyl groups is 2. The molecule has 0 aromatic rings. The van der Waals surface area contributed by atoms with Crippen LogP contribution in [0.1, 0.15) is 129 Å². The molecule has 10 heteroatoms. The summed E-state index contributed by atoms with van der Waals surface area (Å²) in [6, 6.07) is 0. The second kappa shape index (κ2) is 41.7. The van der Waals surface area contributed by atoms with Gasteiger partial charge in [-0.05, 0) is 89.9 Å². The Morgan fingerprint density at radius 2 is 0.964 bits per heavy atom. The Kier molecular flexibility index (Phi) is 39.6. The van der Waals surface area contributed by atoms with Gasteiger partial charge in [0.05, 0.1) is 26.4 Å². The zero-order valence-electron chi connectivity index (χ0n) is 34.5. The highest BCUT2D eigenvalue weighted by molar-refractivity contribution is 7.47. The molecule has 0 radical (unpaired) electrons. The lowest BCUT2D eigenvalue weighted by molar-refractivity contribution is -0.154. The molecule has 3 N–H and O–H groups in total. The van der Waals surface area contributed by atoms with E-state index in [1.54, 1.807) is 0 Å². The van der Waals surface area contributed by atoms with E-state index in [2.05, 4.69) is 117 Å². The first-order valence-electron chi connectivity index (χ1n) is 20.9. The number of phosphoric acid groups is 1. The maximum Gasteiger partial charge on any atom is 0.472 e. The molecule has 9 nitrogen and oxygen atoms in total. The van der Waals surface area contributed by atoms with E-state index in [1.807, 2.05) is 6.08 Å². The highest BCUT2D eigenvalue weighted by Crippen LogP contribution is 2.43. The number of carbonyl (C=O) groups is 1. The van der Waals surface area contributed by atoms with Gasteiger partial charge in [-0.3, -0.25) is 13.8 Å². The number of aliphatic hydroxyl groups excluding tert-OH is 2. The Hall–Kier alpha value is -2.88. The fraction of sp³-hybridized carbons (Fsp3) is 0.587. The average Bonchev–Trinajstić information content (AvgIpc) is 3.19. The number of esters is 1. The summed E-state index contributed by atoms with van der Waals surface area (Å²) in [5, 5.41) is 18.3. The molecular formula is C46H75O9P. The Morgan fingerprint density at radius 3 is 1.45 bits per heavy atom. The number of unbranched alkanes of at least 4 members (excludes halogenated alkanes) is 6. The minimum atomic E-state index is -4.55. The predicted octanol–water partition coefficient (Wildman–Crippen LogP) is 11.5. The molecule has 0 aromatic heterocycles. The molecule has 0 aliphatic rings. The maximum atomic E-state index is 12.6. The van der Waals surface area contributed by atoms with Gasteiger partial charge in [0.2, 0.25) is 0 Å². The Labute approximate surface area is 340 Å². The number of hydrogen-bond acceptors (Lipinski definition) is 8. The van der Waals surface area contributed by atoms with Crippen LogP contribution in [-0.2, 0) is 27.9 Å². The molecule has 0 amide bonds. The van der Waals surface area contributed by atoms with Crippen LogP contribution in [0.15, 0.2) is 109 Å². The van der Waals surface area contributed by atoms with E-state index in [-0.39, 0.29) is 13.0 Å². The summed E-state index contributed by atoms with van der Waals surface area (Å²) < 4.78 is 33.3. The first-order valence-corrected chi connectivity index (χ1v) is 22.4. The van der Waals surface area contributed by atoms with Crippen molar-refractivity contribution in [2.45, 2.75) is 142 Å². The SMILES string of the molecule is CC/C=C\C/C=C\C/C=C\C/C=C\C/C=C\CCCC(=O)OC(COCCCCCCC/C=C\C/C=C\C/C=C\C/C=C\CC)COP(=O)(O)OCC(O)CO. The molecule has 56 heavy (non-hydrogen) atoms. The summed E-state index contributed by atoms with van der Waals surface area (Å²) in [6.07, 6.45) is 53.4. The summed E-state index contributed by atoms with van der Waals surface area (Å²) >= 11 is 0. The van der Waals surface area contributed by atoms with E-state index in [1.165, 1.54) is 0 Å². The molecule has 0 bridgehead atoms. The van der Waals surface area contributed by atoms with Crippen molar-refractivity contribution in [3.8, 4) is 0 Å². The minimum Gasteiger partial charge on any atom is -0.457 e. The fourth-order valence-corrected chi connectivity index (χ4v) is 5.64. The molecule has 3 atom stereocenters. The van der Waals surface area contributed by atoms with Crippen LogP contribution in [-0.4, -0.2) is 66.3 Å². The molecule has 0 rings (SSSR count). The lowest BCUT2D eigenvalue weighted by Gasteiger charge is -2.20. The number of hydrogen-bond donors (Lipinski definition) is 3. The van der Waals surface area contributed by atoms with Gasteiger partial charge in [-0.2, -0.15) is 0 Å². The first kappa shape index (κ1) is 53.1. The smallest absolute Gasteiger partial charge is 0.457 e. The van der Waals surface area contributed by atoms with Crippen molar-refractivity contribution in [2.24, 2.45) is 0 Å². The summed E-state index contributed by atoms with van der Waals surface area (Å²) in [5.41, 5.74) is 0. The van der Waals surface area contributed by atoms with Crippen molar-refractivity contribution < 1.29 is 43.0 Å². The lowest BCUT2D eigenvalue weighted by Crippen LogP contribution is -2.29. The van der Waals surface area contributed by atoms with Crippen molar-refractivity contribution in [1.29, 1.82) is 0 Å². The molecule has 3 unspecified atom stereocenters. The molecular weight excluding hydrogens is 727 g/mol. The van der Waals surface area contributed by atoms with Gasteiger partial charge in [0.1, 0.15) is 12.2 Å². The molecule has 0 fully saturated rings. The van der Waals surface area contributed by atoms with Gasteiger partial charge < -0.3 is 24.6 Å². The van der Waals surface area contributed by atoms with Crippen LogP contribution in [0.25, 0.3) is 0 Å². The van der Waals surface area contributed by atoms with E-state index in [0.29, 0.717) is 13.0 Å². The summed E-state index contributed by atoms with van der Waals surface area (Å²) in [5.74, 6) is -0.452. The minimum absolute atomic E-state index is 0.00556. The van der Waals surface area contributed by atoms with E-state index in [0.717, 1.165) is 103 Å². The standard InChI is InChI=1S/C46H75O9P/c1-3-5-7-9-11-13-15-17-19-21-23-25-27-29-31-33-35-37-39-52-42-45(43-54-56(50,51)53-41-44(48)40-47)55-46(49)38-36-34-32-30-28-26-24-22-20-18-16-14-12-10-8-6-4-2/h5-8,11-14,17-20,23-26,30,32,44-45,47-48H,3-4,9-10,15-16,21-22,27-29,31,33-43H2,1-2H3,(H,50,51)/b7-5-,8-6-,13-11-,14-12-,19-17-,20-18-,25-23-,26-24-,32-30-. The van der Waals surface area contributed by atoms with Crippen LogP contribution >= 0.6 is 7.82 Å². The molecule has 0 saturated carbocycles. The van der Waals surface area contributed by atoms with Gasteiger partial charge in [0, 0.05) is 13.0 Å². The van der Waals surface area contributed by atoms with Gasteiger partial charge in [-0.1, -0.05) is 142 Å². The van der Waals surface area contributed by atoms with Crippen LogP contribution in [0.4, 0.5) is 0 Å². The van der Waals surface area contributed by atoms with Crippen molar-refractivity contribution in [2.75, 3.05) is 33.0 Å². The molecule has 0 spiro atoms. The highest BCUT2D eigenvalue weighted by Gasteiger charge is 2.26. The fourth-order valence-electron chi connectivity index (χ4n) is 4.85. The molecule has 0 heterocycles. The van der Waals surface area contributed by atoms with Gasteiger partial charge in [-0.25, -0.2) is 4.57 Å². The third kappa shape index (κ3) is 40.8. The number of rotatable bonds is 38. The van der Waals surface area contributed by atoms with Crippen molar-refractivity contribution in [1.82, 2.24) is 0 Å². The van der Waals surface area contributed by atoms with Crippen LogP contribution < -0.4 is 0 Å². The zero-order valence-corrected chi connectivity index (χ0v) is 35.4. The molecule has 0 aliphatic heterocycles. The summed E-state index contributed by atoms with van der Waals surface area (Å²) in [6.45, 7) is 3.12. The van der Waals surface area contributed by atoms with Gasteiger partial charge in [0.15, 0.2) is 0 Å². The third-order valence-corrected chi connectivity index (χ3v) is 8.90. The van der Waals surface area contributed by atoms with Crippen molar-refractivity contribution in [3.05, 3.63) is 109 Å². The van der Waals surface area contributed by atoms with Crippen LogP contribution in [0.2, 0.25) is 0 Å². The van der Waals surface area contributed by atoms with Crippen molar-refractivity contribution >= 4 is 13.8 Å². The summed E-state index contributed by atoms with van der Waals surface area (Å²) in [7, 11) is -4.55. The van der Waals surface area contributed by atoms with E-state index in [9.17, 15) is 19.4 Å². The monoisotopic (exact) mass is 803 g/mol. The Balaban J connectivity index is 4.36. The van der Waals surface area contributed by atoms with Gasteiger partial charge in [-0.15, -0.1) is 0 Å². The second-order valence-corrected chi connectivity index (χ2v) is 14.7. The lowest BCUT2D eigenvalue weighted by atomic mass is 10.1. The predicted molar refractivity (Wildman–Crippen MR) is 232 cm³/mol. The van der Waals surface area contributed by atoms with E-state index in [4.69, 9.17) is 23.6 Å². The van der Waals surface area contributed by atoms with Crippen LogP contribution in [0.3, 0.4) is 0 Å². The average molecular weight is 803 g/mol. The van der Waals surface area contributed by atoms with Gasteiger partial charge >= 0.3 is 13.8 Å². The topological polar surface area (TPSA) is 132 Å². The Bertz CT molecular complexity index is 1230.